The summed E-state index contributed by atoms with van der Waals surface area (Å²) in [7, 11) is 0. The van der Waals surface area contributed by atoms with Gasteiger partial charge in [-0.1, -0.05) is 0 Å². The van der Waals surface area contributed by atoms with Crippen molar-refractivity contribution >= 4 is 17.4 Å². The lowest BCUT2D eigenvalue weighted by Gasteiger charge is -2.38. The number of hydrogen-bond acceptors (Lipinski definition) is 3. The largest absolute Gasteiger partial charge is 0.417 e. The summed E-state index contributed by atoms with van der Waals surface area (Å²) in [5.41, 5.74) is 1.18. The van der Waals surface area contributed by atoms with E-state index in [1.807, 2.05) is 12.3 Å². The van der Waals surface area contributed by atoms with Gasteiger partial charge in [-0.25, -0.2) is 18.6 Å². The quantitative estimate of drug-likeness (QED) is 0.264. The summed E-state index contributed by atoms with van der Waals surface area (Å²) in [5, 5.41) is 2.80. The molecule has 0 aliphatic carbocycles. The molecule has 0 saturated carbocycles. The van der Waals surface area contributed by atoms with E-state index < -0.39 is 29.4 Å². The van der Waals surface area contributed by atoms with Crippen LogP contribution in [-0.2, 0) is 12.7 Å². The monoisotopic (exact) mass is 555 g/mol. The van der Waals surface area contributed by atoms with Crippen LogP contribution in [0.25, 0.3) is 5.82 Å². The van der Waals surface area contributed by atoms with Crippen LogP contribution >= 0.6 is 0 Å². The minimum Gasteiger partial charge on any atom is -0.308 e. The highest BCUT2D eigenvalue weighted by Crippen LogP contribution is 2.29. The SMILES string of the molecule is O=C(Nc1ccc(F)cc1)N(c1ccc(F)cc1)C1CCN(Cc2ccn(-c3ccc(C(F)(F)F)cn3)c2)CC1. The summed E-state index contributed by atoms with van der Waals surface area (Å²) >= 11 is 0. The lowest BCUT2D eigenvalue weighted by atomic mass is 10.0. The van der Waals surface area contributed by atoms with Crippen molar-refractivity contribution in [3.8, 4) is 5.82 Å². The Balaban J connectivity index is 1.23. The van der Waals surface area contributed by atoms with E-state index in [2.05, 4.69) is 15.2 Å². The first kappa shape index (κ1) is 27.3. The number of likely N-dealkylation sites (tertiary alicyclic amines) is 1. The molecule has 11 heteroatoms. The fourth-order valence-corrected chi connectivity index (χ4v) is 4.79. The highest BCUT2D eigenvalue weighted by atomic mass is 19.4. The van der Waals surface area contributed by atoms with Crippen molar-refractivity contribution < 1.29 is 26.7 Å². The van der Waals surface area contributed by atoms with Crippen LogP contribution < -0.4 is 10.2 Å². The van der Waals surface area contributed by atoms with Crippen LogP contribution in [0.1, 0.15) is 24.0 Å². The van der Waals surface area contributed by atoms with Gasteiger partial charge in [0.2, 0.25) is 0 Å². The van der Waals surface area contributed by atoms with Crippen molar-refractivity contribution in [2.75, 3.05) is 23.3 Å². The van der Waals surface area contributed by atoms with Crippen LogP contribution in [-0.4, -0.2) is 39.6 Å². The van der Waals surface area contributed by atoms with Crippen molar-refractivity contribution in [3.05, 3.63) is 108 Å². The zero-order valence-electron chi connectivity index (χ0n) is 21.3. The Labute approximate surface area is 227 Å². The third kappa shape index (κ3) is 6.48. The maximum absolute atomic E-state index is 13.6. The first-order valence-corrected chi connectivity index (χ1v) is 12.7. The Kier molecular flexibility index (Phi) is 7.83. The van der Waals surface area contributed by atoms with Gasteiger partial charge in [-0.05, 0) is 85.1 Å². The number of rotatable bonds is 6. The number of benzene rings is 2. The normalized spacial score (nSPS) is 14.7. The molecule has 2 aromatic heterocycles. The number of hydrogen-bond donors (Lipinski definition) is 1. The fraction of sp³-hybridized carbons (Fsp3) is 0.241. The molecule has 2 aromatic carbocycles. The van der Waals surface area contributed by atoms with E-state index in [1.54, 1.807) is 27.8 Å². The topological polar surface area (TPSA) is 53.4 Å². The molecule has 1 saturated heterocycles. The Morgan fingerprint density at radius 1 is 0.925 bits per heavy atom. The molecular formula is C29H26F5N5O. The lowest BCUT2D eigenvalue weighted by molar-refractivity contribution is -0.137. The number of pyridine rings is 1. The molecule has 40 heavy (non-hydrogen) atoms. The molecule has 1 fully saturated rings. The van der Waals surface area contributed by atoms with Gasteiger partial charge in [0, 0.05) is 55.6 Å². The molecule has 6 nitrogen and oxygen atoms in total. The highest BCUT2D eigenvalue weighted by Gasteiger charge is 2.31. The van der Waals surface area contributed by atoms with Gasteiger partial charge in [-0.3, -0.25) is 9.80 Å². The molecule has 0 atom stereocenters. The first-order valence-electron chi connectivity index (χ1n) is 12.7. The van der Waals surface area contributed by atoms with Crippen molar-refractivity contribution in [3.63, 3.8) is 0 Å². The molecule has 4 aromatic rings. The molecular weight excluding hydrogens is 529 g/mol. The van der Waals surface area contributed by atoms with Crippen molar-refractivity contribution in [2.24, 2.45) is 0 Å². The Hall–Kier alpha value is -4.25. The molecule has 1 aliphatic heterocycles. The van der Waals surface area contributed by atoms with Gasteiger partial charge >= 0.3 is 12.2 Å². The van der Waals surface area contributed by atoms with Crippen LogP contribution in [0, 0.1) is 11.6 Å². The zero-order valence-corrected chi connectivity index (χ0v) is 21.3. The number of anilines is 2. The standard InChI is InChI=1S/C29H26F5N5O/c30-22-2-6-24(7-3-22)36-28(40)39(25-8-4-23(31)5-9-25)26-12-14-37(15-13-26)18-20-11-16-38(19-20)27-10-1-21(17-35-27)29(32,33)34/h1-11,16-17,19,26H,12-15,18H2,(H,36,40). The maximum Gasteiger partial charge on any atom is 0.417 e. The maximum atomic E-state index is 13.6. The molecule has 3 heterocycles. The van der Waals surface area contributed by atoms with Gasteiger partial charge in [-0.15, -0.1) is 0 Å². The number of alkyl halides is 3. The molecule has 1 aliphatic rings. The second-order valence-electron chi connectivity index (χ2n) is 9.62. The number of nitrogens with one attached hydrogen (secondary N) is 1. The van der Waals surface area contributed by atoms with Crippen LogP contribution in [0.5, 0.6) is 0 Å². The van der Waals surface area contributed by atoms with Crippen molar-refractivity contribution in [1.29, 1.82) is 0 Å². The molecule has 0 radical (unpaired) electrons. The lowest BCUT2D eigenvalue weighted by Crippen LogP contribution is -2.49. The molecule has 5 rings (SSSR count). The van der Waals surface area contributed by atoms with Crippen LogP contribution in [0.15, 0.2) is 85.3 Å². The van der Waals surface area contributed by atoms with E-state index in [9.17, 15) is 26.7 Å². The van der Waals surface area contributed by atoms with E-state index in [1.165, 1.54) is 42.5 Å². The molecule has 0 unspecified atom stereocenters. The van der Waals surface area contributed by atoms with E-state index in [0.717, 1.165) is 17.8 Å². The number of aromatic nitrogens is 2. The van der Waals surface area contributed by atoms with Gasteiger partial charge < -0.3 is 9.88 Å². The highest BCUT2D eigenvalue weighted by molar-refractivity contribution is 6.02. The minimum atomic E-state index is -4.44. The Bertz CT molecular complexity index is 1430. The molecule has 2 amide bonds. The van der Waals surface area contributed by atoms with Gasteiger partial charge in [0.15, 0.2) is 0 Å². The number of nitrogens with zero attached hydrogens (tertiary/aromatic N) is 4. The molecule has 208 valence electrons. The van der Waals surface area contributed by atoms with Gasteiger partial charge in [0.1, 0.15) is 17.5 Å². The number of amides is 2. The molecule has 0 spiro atoms. The second-order valence-corrected chi connectivity index (χ2v) is 9.62. The number of carbonyl (C=O) groups is 1. The fourth-order valence-electron chi connectivity index (χ4n) is 4.79. The van der Waals surface area contributed by atoms with E-state index in [0.29, 0.717) is 49.7 Å². The van der Waals surface area contributed by atoms with Crippen LogP contribution in [0.4, 0.5) is 38.1 Å². The number of halogens is 5. The first-order chi connectivity index (χ1) is 19.2. The van der Waals surface area contributed by atoms with Crippen molar-refractivity contribution in [2.45, 2.75) is 31.6 Å². The molecule has 1 N–H and O–H groups in total. The summed E-state index contributed by atoms with van der Waals surface area (Å²) in [6, 6.07) is 14.9. The Morgan fingerprint density at radius 3 is 2.17 bits per heavy atom. The Morgan fingerprint density at radius 2 is 1.57 bits per heavy atom. The second kappa shape index (κ2) is 11.5. The van der Waals surface area contributed by atoms with E-state index in [4.69, 9.17) is 0 Å². The average Bonchev–Trinajstić information content (AvgIpc) is 3.40. The third-order valence-corrected chi connectivity index (χ3v) is 6.84. The smallest absolute Gasteiger partial charge is 0.308 e. The molecule has 0 bridgehead atoms. The van der Waals surface area contributed by atoms with Crippen LogP contribution in [0.2, 0.25) is 0 Å². The van der Waals surface area contributed by atoms with E-state index >= 15 is 0 Å². The summed E-state index contributed by atoms with van der Waals surface area (Å²) in [6.45, 7) is 2.00. The summed E-state index contributed by atoms with van der Waals surface area (Å²) in [4.78, 5) is 21.1. The van der Waals surface area contributed by atoms with Gasteiger partial charge in [0.25, 0.3) is 0 Å². The van der Waals surface area contributed by atoms with E-state index in [-0.39, 0.29) is 6.04 Å². The number of urea groups is 1. The summed E-state index contributed by atoms with van der Waals surface area (Å²) in [6.07, 6.45) is 1.30. The number of carbonyl (C=O) groups excluding carboxylic acids is 1. The van der Waals surface area contributed by atoms with Crippen molar-refractivity contribution in [1.82, 2.24) is 14.5 Å². The average molecular weight is 556 g/mol. The predicted octanol–water partition coefficient (Wildman–Crippen LogP) is 6.87. The number of piperidine rings is 1. The van der Waals surface area contributed by atoms with Crippen LogP contribution in [0.3, 0.4) is 0 Å². The predicted molar refractivity (Wildman–Crippen MR) is 141 cm³/mol. The summed E-state index contributed by atoms with van der Waals surface area (Å²) in [5.74, 6) is -0.428. The summed E-state index contributed by atoms with van der Waals surface area (Å²) < 4.78 is 67.1. The van der Waals surface area contributed by atoms with Gasteiger partial charge in [0.05, 0.1) is 5.56 Å². The zero-order chi connectivity index (χ0) is 28.3. The minimum absolute atomic E-state index is 0.150. The third-order valence-electron chi connectivity index (χ3n) is 6.84. The van der Waals surface area contributed by atoms with Gasteiger partial charge in [-0.2, -0.15) is 13.2 Å².